The van der Waals surface area contributed by atoms with E-state index in [1.807, 2.05) is 31.2 Å². The van der Waals surface area contributed by atoms with Crippen LogP contribution in [0.3, 0.4) is 0 Å². The average Bonchev–Trinajstić information content (AvgIpc) is 2.43. The maximum atomic E-state index is 11.9. The van der Waals surface area contributed by atoms with Crippen molar-refractivity contribution in [1.29, 1.82) is 0 Å². The van der Waals surface area contributed by atoms with Crippen molar-refractivity contribution in [2.45, 2.75) is 6.92 Å². The quantitative estimate of drug-likeness (QED) is 0.750. The van der Waals surface area contributed by atoms with Gasteiger partial charge in [-0.15, -0.1) is 0 Å². The molecule has 104 valence electrons. The van der Waals surface area contributed by atoms with Crippen LogP contribution in [0.15, 0.2) is 42.5 Å². The molecule has 0 unspecified atom stereocenters. The molecule has 5 heteroatoms. The van der Waals surface area contributed by atoms with E-state index in [2.05, 4.69) is 10.6 Å². The fraction of sp³-hybridized carbons (Fsp3) is 0.133. The third kappa shape index (κ3) is 3.41. The minimum Gasteiger partial charge on any atom is -0.494 e. The summed E-state index contributed by atoms with van der Waals surface area (Å²) in [6.07, 6.45) is 0. The zero-order valence-corrected chi connectivity index (χ0v) is 11.4. The summed E-state index contributed by atoms with van der Waals surface area (Å²) in [5.74, 6) is 0.518. The van der Waals surface area contributed by atoms with E-state index in [9.17, 15) is 4.79 Å². The molecule has 0 saturated carbocycles. The highest BCUT2D eigenvalue weighted by molar-refractivity contribution is 6.00. The van der Waals surface area contributed by atoms with E-state index >= 15 is 0 Å². The monoisotopic (exact) mass is 271 g/mol. The number of amides is 2. The third-order valence-corrected chi connectivity index (χ3v) is 2.78. The first-order valence-corrected chi connectivity index (χ1v) is 6.16. The number of nitrogens with two attached hydrogens (primary N) is 1. The van der Waals surface area contributed by atoms with Crippen LogP contribution in [0.25, 0.3) is 0 Å². The second kappa shape index (κ2) is 5.97. The Kier molecular flexibility index (Phi) is 4.10. The number of urea groups is 1. The molecule has 2 aromatic carbocycles. The summed E-state index contributed by atoms with van der Waals surface area (Å²) in [6.45, 7) is 1.99. The van der Waals surface area contributed by atoms with Crippen LogP contribution in [0.1, 0.15) is 5.56 Å². The molecule has 2 rings (SSSR count). The summed E-state index contributed by atoms with van der Waals surface area (Å²) < 4.78 is 5.17. The molecule has 0 bridgehead atoms. The number of methoxy groups -OCH3 is 1. The Hall–Kier alpha value is -2.69. The fourth-order valence-electron chi connectivity index (χ4n) is 1.73. The normalized spacial score (nSPS) is 9.90. The van der Waals surface area contributed by atoms with Crippen molar-refractivity contribution in [3.63, 3.8) is 0 Å². The van der Waals surface area contributed by atoms with Crippen molar-refractivity contribution in [3.05, 3.63) is 48.0 Å². The van der Waals surface area contributed by atoms with Crippen LogP contribution in [0.5, 0.6) is 5.75 Å². The maximum Gasteiger partial charge on any atom is 0.323 e. The lowest BCUT2D eigenvalue weighted by molar-refractivity contribution is 0.262. The van der Waals surface area contributed by atoms with Crippen LogP contribution in [-0.2, 0) is 0 Å². The molecule has 0 aliphatic heterocycles. The van der Waals surface area contributed by atoms with Crippen LogP contribution in [0.2, 0.25) is 0 Å². The number of anilines is 3. The van der Waals surface area contributed by atoms with Gasteiger partial charge in [0.05, 0.1) is 12.8 Å². The van der Waals surface area contributed by atoms with Crippen molar-refractivity contribution in [2.75, 3.05) is 23.5 Å². The van der Waals surface area contributed by atoms with Gasteiger partial charge in [0.1, 0.15) is 5.75 Å². The molecule has 0 aliphatic rings. The molecule has 4 N–H and O–H groups in total. The van der Waals surface area contributed by atoms with Gasteiger partial charge in [0, 0.05) is 17.4 Å². The van der Waals surface area contributed by atoms with E-state index < -0.39 is 0 Å². The zero-order valence-electron chi connectivity index (χ0n) is 11.4. The molecule has 2 aromatic rings. The second-order valence-electron chi connectivity index (χ2n) is 4.40. The summed E-state index contributed by atoms with van der Waals surface area (Å²) in [6, 6.07) is 12.3. The second-order valence-corrected chi connectivity index (χ2v) is 4.40. The van der Waals surface area contributed by atoms with Gasteiger partial charge in [0.2, 0.25) is 0 Å². The molecule has 0 heterocycles. The summed E-state index contributed by atoms with van der Waals surface area (Å²) >= 11 is 0. The maximum absolute atomic E-state index is 11.9. The fourth-order valence-corrected chi connectivity index (χ4v) is 1.73. The predicted molar refractivity (Wildman–Crippen MR) is 81.2 cm³/mol. The van der Waals surface area contributed by atoms with Crippen molar-refractivity contribution in [3.8, 4) is 5.75 Å². The van der Waals surface area contributed by atoms with Gasteiger partial charge >= 0.3 is 6.03 Å². The summed E-state index contributed by atoms with van der Waals surface area (Å²) in [7, 11) is 1.53. The zero-order chi connectivity index (χ0) is 14.5. The van der Waals surface area contributed by atoms with Gasteiger partial charge in [-0.1, -0.05) is 17.7 Å². The minimum atomic E-state index is -0.336. The van der Waals surface area contributed by atoms with Crippen molar-refractivity contribution >= 4 is 23.1 Å². The molecule has 0 spiro atoms. The SMILES string of the molecule is COc1cc(N)ccc1NC(=O)Nc1ccc(C)cc1. The predicted octanol–water partition coefficient (Wildman–Crippen LogP) is 3.23. The lowest BCUT2D eigenvalue weighted by Crippen LogP contribution is -2.19. The number of ether oxygens (including phenoxy) is 1. The van der Waals surface area contributed by atoms with Gasteiger partial charge < -0.3 is 21.1 Å². The third-order valence-electron chi connectivity index (χ3n) is 2.78. The Morgan fingerprint density at radius 3 is 2.45 bits per heavy atom. The molecule has 0 aliphatic carbocycles. The highest BCUT2D eigenvalue weighted by Crippen LogP contribution is 2.26. The van der Waals surface area contributed by atoms with Gasteiger partial charge in [-0.05, 0) is 31.2 Å². The number of carbonyl (C=O) groups excluding carboxylic acids is 1. The number of hydrogen-bond acceptors (Lipinski definition) is 3. The molecule has 0 aromatic heterocycles. The summed E-state index contributed by atoms with van der Waals surface area (Å²) in [4.78, 5) is 11.9. The Morgan fingerprint density at radius 2 is 1.80 bits per heavy atom. The average molecular weight is 271 g/mol. The van der Waals surface area contributed by atoms with Crippen LogP contribution >= 0.6 is 0 Å². The van der Waals surface area contributed by atoms with E-state index in [0.29, 0.717) is 17.1 Å². The van der Waals surface area contributed by atoms with E-state index in [0.717, 1.165) is 11.3 Å². The number of hydrogen-bond donors (Lipinski definition) is 3. The first-order valence-electron chi connectivity index (χ1n) is 6.16. The topological polar surface area (TPSA) is 76.4 Å². The van der Waals surface area contributed by atoms with Gasteiger partial charge in [-0.3, -0.25) is 0 Å². The lowest BCUT2D eigenvalue weighted by atomic mass is 10.2. The number of aryl methyl sites for hydroxylation is 1. The molecule has 2 amide bonds. The molecule has 0 saturated heterocycles. The van der Waals surface area contributed by atoms with E-state index in [1.54, 1.807) is 18.2 Å². The van der Waals surface area contributed by atoms with Gasteiger partial charge in [-0.25, -0.2) is 4.79 Å². The standard InChI is InChI=1S/C15H17N3O2/c1-10-3-6-12(7-4-10)17-15(19)18-13-8-5-11(16)9-14(13)20-2/h3-9H,16H2,1-2H3,(H2,17,18,19). The van der Waals surface area contributed by atoms with Gasteiger partial charge in [0.15, 0.2) is 0 Å². The molecular weight excluding hydrogens is 254 g/mol. The van der Waals surface area contributed by atoms with E-state index in [-0.39, 0.29) is 6.03 Å². The van der Waals surface area contributed by atoms with Crippen LogP contribution < -0.4 is 21.1 Å². The Morgan fingerprint density at radius 1 is 1.10 bits per heavy atom. The lowest BCUT2D eigenvalue weighted by Gasteiger charge is -2.11. The summed E-state index contributed by atoms with van der Waals surface area (Å²) in [5.41, 5.74) is 8.66. The highest BCUT2D eigenvalue weighted by Gasteiger charge is 2.07. The van der Waals surface area contributed by atoms with Crippen molar-refractivity contribution < 1.29 is 9.53 Å². The van der Waals surface area contributed by atoms with Gasteiger partial charge in [-0.2, -0.15) is 0 Å². The number of nitrogens with one attached hydrogen (secondary N) is 2. The van der Waals surface area contributed by atoms with Gasteiger partial charge in [0.25, 0.3) is 0 Å². The van der Waals surface area contributed by atoms with Crippen molar-refractivity contribution in [1.82, 2.24) is 0 Å². The highest BCUT2D eigenvalue weighted by atomic mass is 16.5. The van der Waals surface area contributed by atoms with Crippen LogP contribution in [-0.4, -0.2) is 13.1 Å². The number of benzene rings is 2. The largest absolute Gasteiger partial charge is 0.494 e. The Labute approximate surface area is 117 Å². The minimum absolute atomic E-state index is 0.336. The first kappa shape index (κ1) is 13.7. The summed E-state index contributed by atoms with van der Waals surface area (Å²) in [5, 5.41) is 5.47. The Balaban J connectivity index is 2.06. The number of carbonyl (C=O) groups is 1. The smallest absolute Gasteiger partial charge is 0.323 e. The molecule has 0 radical (unpaired) electrons. The van der Waals surface area contributed by atoms with Crippen molar-refractivity contribution in [2.24, 2.45) is 0 Å². The molecule has 20 heavy (non-hydrogen) atoms. The van der Waals surface area contributed by atoms with E-state index in [4.69, 9.17) is 10.5 Å². The Bertz CT molecular complexity index is 609. The molecular formula is C15H17N3O2. The number of rotatable bonds is 3. The molecule has 0 atom stereocenters. The van der Waals surface area contributed by atoms with Crippen LogP contribution in [0.4, 0.5) is 21.9 Å². The molecule has 0 fully saturated rings. The van der Waals surface area contributed by atoms with Crippen LogP contribution in [0, 0.1) is 6.92 Å². The first-order chi connectivity index (χ1) is 9.58. The number of nitrogen functional groups attached to an aromatic ring is 1. The molecule has 5 nitrogen and oxygen atoms in total. The van der Waals surface area contributed by atoms with E-state index in [1.165, 1.54) is 7.11 Å².